The molecule has 1 saturated heterocycles. The van der Waals surface area contributed by atoms with Crippen molar-refractivity contribution in [1.82, 2.24) is 5.32 Å². The number of rotatable bonds is 8. The first-order chi connectivity index (χ1) is 9.84. The molecule has 6 nitrogen and oxygen atoms in total. The molecule has 1 aliphatic heterocycles. The van der Waals surface area contributed by atoms with Gasteiger partial charge in [0.05, 0.1) is 12.7 Å². The van der Waals surface area contributed by atoms with E-state index in [1.807, 2.05) is 20.8 Å². The molecule has 0 spiro atoms. The van der Waals surface area contributed by atoms with E-state index in [0.29, 0.717) is 6.61 Å². The van der Waals surface area contributed by atoms with Crippen LogP contribution in [0.2, 0.25) is 0 Å². The topological polar surface area (TPSA) is 73.9 Å². The van der Waals surface area contributed by atoms with Crippen molar-refractivity contribution in [3.63, 3.8) is 0 Å². The lowest BCUT2D eigenvalue weighted by Gasteiger charge is -2.24. The number of amides is 1. The van der Waals surface area contributed by atoms with Crippen LogP contribution in [0.25, 0.3) is 0 Å². The van der Waals surface area contributed by atoms with Crippen molar-refractivity contribution in [3.05, 3.63) is 0 Å². The van der Waals surface area contributed by atoms with Crippen molar-refractivity contribution in [2.24, 2.45) is 0 Å². The molecule has 2 atom stereocenters. The van der Waals surface area contributed by atoms with Gasteiger partial charge in [-0.2, -0.15) is 0 Å². The van der Waals surface area contributed by atoms with E-state index in [1.54, 1.807) is 6.92 Å². The fraction of sp³-hybridized carbons (Fsp3) is 0.867. The summed E-state index contributed by atoms with van der Waals surface area (Å²) in [4.78, 5) is 23.4. The lowest BCUT2D eigenvalue weighted by atomic mass is 10.0. The standard InChI is InChI=1S/C15H27NO5/c1-5-15(3,4)16-13(17)10-21-14(18)11(2)20-9-12-7-6-8-19-12/h11-12H,5-10H2,1-4H3,(H,16,17). The Hall–Kier alpha value is -1.14. The van der Waals surface area contributed by atoms with Crippen molar-refractivity contribution in [3.8, 4) is 0 Å². The minimum absolute atomic E-state index is 0.0638. The SMILES string of the molecule is CCC(C)(C)NC(=O)COC(=O)C(C)OCC1CCCO1. The van der Waals surface area contributed by atoms with Crippen LogP contribution in [0.15, 0.2) is 0 Å². The predicted molar refractivity (Wildman–Crippen MR) is 77.9 cm³/mol. The van der Waals surface area contributed by atoms with E-state index in [9.17, 15) is 9.59 Å². The molecule has 1 aliphatic rings. The quantitative estimate of drug-likeness (QED) is 0.686. The number of esters is 1. The number of carbonyl (C=O) groups excluding carboxylic acids is 2. The number of hydrogen-bond donors (Lipinski definition) is 1. The summed E-state index contributed by atoms with van der Waals surface area (Å²) in [5.41, 5.74) is -0.300. The number of carbonyl (C=O) groups is 2. The molecule has 122 valence electrons. The molecule has 1 N–H and O–H groups in total. The third-order valence-electron chi connectivity index (χ3n) is 3.60. The van der Waals surface area contributed by atoms with Gasteiger partial charge in [-0.15, -0.1) is 0 Å². The molecule has 0 bridgehead atoms. The lowest BCUT2D eigenvalue weighted by molar-refractivity contribution is -0.160. The Labute approximate surface area is 126 Å². The highest BCUT2D eigenvalue weighted by molar-refractivity contribution is 5.82. The van der Waals surface area contributed by atoms with E-state index >= 15 is 0 Å². The van der Waals surface area contributed by atoms with Gasteiger partial charge in [-0.05, 0) is 40.0 Å². The molecule has 0 radical (unpaired) electrons. The van der Waals surface area contributed by atoms with Gasteiger partial charge in [0, 0.05) is 12.1 Å². The van der Waals surface area contributed by atoms with Crippen LogP contribution in [0.1, 0.15) is 47.0 Å². The summed E-state index contributed by atoms with van der Waals surface area (Å²) in [6, 6.07) is 0. The minimum atomic E-state index is -0.693. The smallest absolute Gasteiger partial charge is 0.335 e. The van der Waals surface area contributed by atoms with Gasteiger partial charge in [-0.25, -0.2) is 4.79 Å². The van der Waals surface area contributed by atoms with Gasteiger partial charge in [0.15, 0.2) is 12.7 Å². The molecule has 1 fully saturated rings. The van der Waals surface area contributed by atoms with Crippen molar-refractivity contribution in [2.75, 3.05) is 19.8 Å². The molecule has 0 aliphatic carbocycles. The number of nitrogens with one attached hydrogen (secondary N) is 1. The molecule has 0 aromatic heterocycles. The number of ether oxygens (including phenoxy) is 3. The van der Waals surface area contributed by atoms with E-state index in [1.165, 1.54) is 0 Å². The van der Waals surface area contributed by atoms with Crippen LogP contribution in [-0.2, 0) is 23.8 Å². The van der Waals surface area contributed by atoms with Gasteiger partial charge in [-0.1, -0.05) is 6.92 Å². The summed E-state index contributed by atoms with van der Waals surface area (Å²) >= 11 is 0. The average Bonchev–Trinajstić information content (AvgIpc) is 2.95. The Bertz CT molecular complexity index is 350. The van der Waals surface area contributed by atoms with Crippen LogP contribution in [0.4, 0.5) is 0 Å². The zero-order valence-electron chi connectivity index (χ0n) is 13.4. The Kier molecular flexibility index (Phi) is 7.11. The molecule has 0 aromatic carbocycles. The summed E-state index contributed by atoms with van der Waals surface area (Å²) < 4.78 is 15.8. The Morgan fingerprint density at radius 1 is 1.43 bits per heavy atom. The first-order valence-electron chi connectivity index (χ1n) is 7.55. The Morgan fingerprint density at radius 3 is 2.71 bits per heavy atom. The van der Waals surface area contributed by atoms with Crippen LogP contribution in [-0.4, -0.2) is 49.4 Å². The molecule has 2 unspecified atom stereocenters. The van der Waals surface area contributed by atoms with Crippen LogP contribution in [0, 0.1) is 0 Å². The van der Waals surface area contributed by atoms with Crippen molar-refractivity contribution < 1.29 is 23.8 Å². The molecule has 21 heavy (non-hydrogen) atoms. The molecular weight excluding hydrogens is 274 g/mol. The molecule has 6 heteroatoms. The maximum Gasteiger partial charge on any atom is 0.335 e. The molecular formula is C15H27NO5. The van der Waals surface area contributed by atoms with Crippen molar-refractivity contribution in [1.29, 1.82) is 0 Å². The van der Waals surface area contributed by atoms with E-state index < -0.39 is 12.1 Å². The van der Waals surface area contributed by atoms with Crippen LogP contribution < -0.4 is 5.32 Å². The molecule has 1 rings (SSSR count). The zero-order valence-corrected chi connectivity index (χ0v) is 13.4. The van der Waals surface area contributed by atoms with Crippen molar-refractivity contribution >= 4 is 11.9 Å². The van der Waals surface area contributed by atoms with Gasteiger partial charge < -0.3 is 19.5 Å². The summed E-state index contributed by atoms with van der Waals surface area (Å²) in [5, 5.41) is 2.80. The van der Waals surface area contributed by atoms with E-state index in [2.05, 4.69) is 5.32 Å². The molecule has 1 heterocycles. The molecule has 0 aromatic rings. The monoisotopic (exact) mass is 301 g/mol. The Balaban J connectivity index is 2.20. The van der Waals surface area contributed by atoms with Crippen LogP contribution in [0.5, 0.6) is 0 Å². The van der Waals surface area contributed by atoms with E-state index in [0.717, 1.165) is 25.9 Å². The second-order valence-electron chi connectivity index (χ2n) is 6.00. The van der Waals surface area contributed by atoms with Gasteiger partial charge in [0.25, 0.3) is 5.91 Å². The summed E-state index contributed by atoms with van der Waals surface area (Å²) in [6.45, 7) is 8.28. The zero-order chi connectivity index (χ0) is 15.9. The highest BCUT2D eigenvalue weighted by Gasteiger charge is 2.22. The normalized spacial score (nSPS) is 20.1. The first kappa shape index (κ1) is 17.9. The second-order valence-corrected chi connectivity index (χ2v) is 6.00. The average molecular weight is 301 g/mol. The maximum absolute atomic E-state index is 11.7. The fourth-order valence-electron chi connectivity index (χ4n) is 1.85. The van der Waals surface area contributed by atoms with Gasteiger partial charge in [0.1, 0.15) is 0 Å². The van der Waals surface area contributed by atoms with Gasteiger partial charge in [0.2, 0.25) is 0 Å². The van der Waals surface area contributed by atoms with Gasteiger partial charge in [-0.3, -0.25) is 4.79 Å². The molecule has 1 amide bonds. The minimum Gasteiger partial charge on any atom is -0.454 e. The third kappa shape index (κ3) is 6.91. The summed E-state index contributed by atoms with van der Waals surface area (Å²) in [6.07, 6.45) is 2.15. The maximum atomic E-state index is 11.7. The first-order valence-corrected chi connectivity index (χ1v) is 7.55. The van der Waals surface area contributed by atoms with Crippen LogP contribution in [0.3, 0.4) is 0 Å². The van der Waals surface area contributed by atoms with Crippen LogP contribution >= 0.6 is 0 Å². The van der Waals surface area contributed by atoms with Gasteiger partial charge >= 0.3 is 5.97 Å². The highest BCUT2D eigenvalue weighted by atomic mass is 16.6. The largest absolute Gasteiger partial charge is 0.454 e. The highest BCUT2D eigenvalue weighted by Crippen LogP contribution is 2.13. The molecule has 0 saturated carbocycles. The van der Waals surface area contributed by atoms with E-state index in [-0.39, 0.29) is 24.2 Å². The summed E-state index contributed by atoms with van der Waals surface area (Å²) in [5.74, 6) is -0.834. The number of hydrogen-bond acceptors (Lipinski definition) is 5. The van der Waals surface area contributed by atoms with Crippen molar-refractivity contribution in [2.45, 2.75) is 64.7 Å². The predicted octanol–water partition coefficient (Wildman–Crippen LogP) is 1.42. The third-order valence-corrected chi connectivity index (χ3v) is 3.60. The lowest BCUT2D eigenvalue weighted by Crippen LogP contribution is -2.45. The Morgan fingerprint density at radius 2 is 2.14 bits per heavy atom. The summed E-state index contributed by atoms with van der Waals surface area (Å²) in [7, 11) is 0. The second kappa shape index (κ2) is 8.34. The fourth-order valence-corrected chi connectivity index (χ4v) is 1.85. The van der Waals surface area contributed by atoms with E-state index in [4.69, 9.17) is 14.2 Å².